The highest BCUT2D eigenvalue weighted by atomic mass is 15.3. The molecule has 1 heterocycles. The van der Waals surface area contributed by atoms with Gasteiger partial charge in [0.25, 0.3) is 0 Å². The molecular formula is C9H15N3. The lowest BCUT2D eigenvalue weighted by Gasteiger charge is -1.92. The Labute approximate surface area is 72.6 Å². The van der Waals surface area contributed by atoms with Crippen molar-refractivity contribution in [3.05, 3.63) is 11.8 Å². The van der Waals surface area contributed by atoms with Gasteiger partial charge in [-0.15, -0.1) is 0 Å². The molecule has 0 aliphatic heterocycles. The Balaban J connectivity index is 1.93. The number of hydrogen-bond donors (Lipinski definition) is 1. The first-order valence-corrected chi connectivity index (χ1v) is 4.54. The van der Waals surface area contributed by atoms with Crippen LogP contribution >= 0.6 is 0 Å². The predicted molar refractivity (Wildman–Crippen MR) is 48.7 cm³/mol. The molecule has 1 fully saturated rings. The van der Waals surface area contributed by atoms with E-state index in [9.17, 15) is 0 Å². The Morgan fingerprint density at radius 1 is 1.67 bits per heavy atom. The van der Waals surface area contributed by atoms with E-state index in [4.69, 9.17) is 5.73 Å². The molecule has 1 saturated carbocycles. The van der Waals surface area contributed by atoms with Crippen molar-refractivity contribution in [2.24, 2.45) is 13.0 Å². The van der Waals surface area contributed by atoms with Crippen LogP contribution in [-0.4, -0.2) is 9.78 Å². The second-order valence-corrected chi connectivity index (χ2v) is 3.67. The van der Waals surface area contributed by atoms with Gasteiger partial charge in [-0.25, -0.2) is 0 Å². The standard InChI is InChI=1S/C9H15N3/c1-12-9(10)6-8(11-12)5-4-7-2-3-7/h6-7H,2-5,10H2,1H3. The zero-order chi connectivity index (χ0) is 8.55. The average molecular weight is 165 g/mol. The Bertz CT molecular complexity index is 254. The number of rotatable bonds is 3. The summed E-state index contributed by atoms with van der Waals surface area (Å²) in [6.45, 7) is 0. The molecule has 1 aromatic heterocycles. The fraction of sp³-hybridized carbons (Fsp3) is 0.667. The van der Waals surface area contributed by atoms with Gasteiger partial charge in [0, 0.05) is 13.1 Å². The second kappa shape index (κ2) is 2.81. The van der Waals surface area contributed by atoms with Crippen LogP contribution in [0.15, 0.2) is 6.07 Å². The van der Waals surface area contributed by atoms with Crippen molar-refractivity contribution in [2.45, 2.75) is 25.7 Å². The zero-order valence-corrected chi connectivity index (χ0v) is 7.45. The van der Waals surface area contributed by atoms with E-state index in [1.54, 1.807) is 4.68 Å². The van der Waals surface area contributed by atoms with E-state index in [1.165, 1.54) is 19.3 Å². The van der Waals surface area contributed by atoms with Crippen molar-refractivity contribution in [1.82, 2.24) is 9.78 Å². The lowest BCUT2D eigenvalue weighted by atomic mass is 10.2. The largest absolute Gasteiger partial charge is 0.384 e. The predicted octanol–water partition coefficient (Wildman–Crippen LogP) is 1.34. The quantitative estimate of drug-likeness (QED) is 0.734. The number of anilines is 1. The van der Waals surface area contributed by atoms with E-state index in [0.29, 0.717) is 0 Å². The van der Waals surface area contributed by atoms with Crippen LogP contribution < -0.4 is 5.73 Å². The monoisotopic (exact) mass is 165 g/mol. The summed E-state index contributed by atoms with van der Waals surface area (Å²) in [5.74, 6) is 1.74. The molecule has 0 radical (unpaired) electrons. The molecule has 1 aliphatic rings. The van der Waals surface area contributed by atoms with Crippen molar-refractivity contribution in [2.75, 3.05) is 5.73 Å². The number of nitrogens with zero attached hydrogens (tertiary/aromatic N) is 2. The van der Waals surface area contributed by atoms with Gasteiger partial charge in [0.1, 0.15) is 5.82 Å². The summed E-state index contributed by atoms with van der Waals surface area (Å²) < 4.78 is 1.74. The van der Waals surface area contributed by atoms with Crippen molar-refractivity contribution >= 4 is 5.82 Å². The first-order valence-electron chi connectivity index (χ1n) is 4.54. The van der Waals surface area contributed by atoms with Gasteiger partial charge in [-0.1, -0.05) is 12.8 Å². The third-order valence-corrected chi connectivity index (χ3v) is 2.47. The topological polar surface area (TPSA) is 43.8 Å². The molecular weight excluding hydrogens is 150 g/mol. The van der Waals surface area contributed by atoms with Gasteiger partial charge in [-0.2, -0.15) is 5.10 Å². The van der Waals surface area contributed by atoms with E-state index >= 15 is 0 Å². The molecule has 1 aliphatic carbocycles. The third kappa shape index (κ3) is 1.60. The lowest BCUT2D eigenvalue weighted by Crippen LogP contribution is -1.97. The Hall–Kier alpha value is -0.990. The molecule has 0 saturated heterocycles. The zero-order valence-electron chi connectivity index (χ0n) is 7.45. The van der Waals surface area contributed by atoms with E-state index in [1.807, 2.05) is 13.1 Å². The maximum Gasteiger partial charge on any atom is 0.121 e. The van der Waals surface area contributed by atoms with E-state index in [2.05, 4.69) is 5.10 Å². The van der Waals surface area contributed by atoms with Crippen molar-refractivity contribution in [3.8, 4) is 0 Å². The SMILES string of the molecule is Cn1nc(CCC2CC2)cc1N. The minimum absolute atomic E-state index is 0.765. The van der Waals surface area contributed by atoms with Crippen LogP contribution in [0.4, 0.5) is 5.82 Å². The smallest absolute Gasteiger partial charge is 0.121 e. The molecule has 0 spiro atoms. The molecule has 0 bridgehead atoms. The highest BCUT2D eigenvalue weighted by Crippen LogP contribution is 2.33. The van der Waals surface area contributed by atoms with Gasteiger partial charge >= 0.3 is 0 Å². The minimum Gasteiger partial charge on any atom is -0.384 e. The number of aromatic nitrogens is 2. The van der Waals surface area contributed by atoms with Gasteiger partial charge in [-0.3, -0.25) is 4.68 Å². The summed E-state index contributed by atoms with van der Waals surface area (Å²) in [4.78, 5) is 0. The van der Waals surface area contributed by atoms with Gasteiger partial charge in [0.05, 0.1) is 5.69 Å². The molecule has 0 aromatic carbocycles. The average Bonchev–Trinajstić information content (AvgIpc) is 2.78. The van der Waals surface area contributed by atoms with E-state index < -0.39 is 0 Å². The molecule has 3 heteroatoms. The summed E-state index contributed by atoms with van der Waals surface area (Å²) in [5.41, 5.74) is 6.80. The van der Waals surface area contributed by atoms with Crippen molar-refractivity contribution in [3.63, 3.8) is 0 Å². The molecule has 0 amide bonds. The van der Waals surface area contributed by atoms with E-state index in [-0.39, 0.29) is 0 Å². The maximum absolute atomic E-state index is 5.66. The first kappa shape index (κ1) is 7.65. The minimum atomic E-state index is 0.765. The lowest BCUT2D eigenvalue weighted by molar-refractivity contribution is 0.686. The van der Waals surface area contributed by atoms with Gasteiger partial charge in [0.15, 0.2) is 0 Å². The molecule has 2 N–H and O–H groups in total. The summed E-state index contributed by atoms with van der Waals surface area (Å²) >= 11 is 0. The van der Waals surface area contributed by atoms with Crippen molar-refractivity contribution < 1.29 is 0 Å². The van der Waals surface area contributed by atoms with Crippen LogP contribution in [0.1, 0.15) is 25.0 Å². The second-order valence-electron chi connectivity index (χ2n) is 3.67. The highest BCUT2D eigenvalue weighted by molar-refractivity contribution is 5.30. The summed E-state index contributed by atoms with van der Waals surface area (Å²) in [6, 6.07) is 1.97. The van der Waals surface area contributed by atoms with Crippen molar-refractivity contribution in [1.29, 1.82) is 0 Å². The highest BCUT2D eigenvalue weighted by Gasteiger charge is 2.20. The summed E-state index contributed by atoms with van der Waals surface area (Å²) in [6.07, 6.45) is 5.22. The van der Waals surface area contributed by atoms with Crippen LogP contribution in [-0.2, 0) is 13.5 Å². The first-order chi connectivity index (χ1) is 5.75. The number of hydrogen-bond acceptors (Lipinski definition) is 2. The third-order valence-electron chi connectivity index (χ3n) is 2.47. The maximum atomic E-state index is 5.66. The van der Waals surface area contributed by atoms with E-state index in [0.717, 1.165) is 23.9 Å². The molecule has 1 aromatic rings. The fourth-order valence-electron chi connectivity index (χ4n) is 1.42. The number of nitrogens with two attached hydrogens (primary N) is 1. The van der Waals surface area contributed by atoms with Crippen LogP contribution in [0.2, 0.25) is 0 Å². The molecule has 2 rings (SSSR count). The Morgan fingerprint density at radius 2 is 2.42 bits per heavy atom. The van der Waals surface area contributed by atoms with Crippen LogP contribution in [0, 0.1) is 5.92 Å². The van der Waals surface area contributed by atoms with Crippen LogP contribution in [0.25, 0.3) is 0 Å². The normalized spacial score (nSPS) is 16.8. The molecule has 0 unspecified atom stereocenters. The van der Waals surface area contributed by atoms with Gasteiger partial charge in [0.2, 0.25) is 0 Å². The van der Waals surface area contributed by atoms with Crippen LogP contribution in [0.3, 0.4) is 0 Å². The molecule has 12 heavy (non-hydrogen) atoms. The van der Waals surface area contributed by atoms with Crippen LogP contribution in [0.5, 0.6) is 0 Å². The molecule has 3 nitrogen and oxygen atoms in total. The fourth-order valence-corrected chi connectivity index (χ4v) is 1.42. The summed E-state index contributed by atoms with van der Waals surface area (Å²) in [5, 5.41) is 4.30. The van der Waals surface area contributed by atoms with Gasteiger partial charge in [-0.05, 0) is 18.8 Å². The molecule has 66 valence electrons. The number of nitrogen functional groups attached to an aromatic ring is 1. The van der Waals surface area contributed by atoms with Gasteiger partial charge < -0.3 is 5.73 Å². The summed E-state index contributed by atoms with van der Waals surface area (Å²) in [7, 11) is 1.88. The Morgan fingerprint density at radius 3 is 2.92 bits per heavy atom. The number of aryl methyl sites for hydroxylation is 2. The Kier molecular flexibility index (Phi) is 1.79. The molecule has 0 atom stereocenters.